The number of benzene rings is 3. The fraction of sp³-hybridized carbons (Fsp3) is 0.233. The number of hydrogen-bond donors (Lipinski definition) is 0. The number of alkyl halides is 3. The lowest BCUT2D eigenvalue weighted by atomic mass is 9.83. The molecule has 7 nitrogen and oxygen atoms in total. The van der Waals surface area contributed by atoms with E-state index in [0.717, 1.165) is 22.1 Å². The third-order valence-electron chi connectivity index (χ3n) is 7.91. The third kappa shape index (κ3) is 4.08. The van der Waals surface area contributed by atoms with Crippen molar-refractivity contribution in [3.63, 3.8) is 0 Å². The van der Waals surface area contributed by atoms with Gasteiger partial charge in [-0.3, -0.25) is 14.4 Å². The summed E-state index contributed by atoms with van der Waals surface area (Å²) in [6.45, 7) is 0. The molecular weight excluding hydrogens is 561 g/mol. The fourth-order valence-electron chi connectivity index (χ4n) is 6.14. The van der Waals surface area contributed by atoms with E-state index in [1.165, 1.54) is 26.4 Å². The molecule has 3 aromatic rings. The summed E-state index contributed by atoms with van der Waals surface area (Å²) < 4.78 is 51.6. The minimum absolute atomic E-state index is 0.226. The van der Waals surface area contributed by atoms with Crippen LogP contribution < -0.4 is 14.4 Å². The molecule has 2 amide bonds. The maximum atomic E-state index is 14.1. The number of imide groups is 1. The monoisotopic (exact) mass is 582 g/mol. The van der Waals surface area contributed by atoms with Crippen LogP contribution in [0.15, 0.2) is 66.9 Å². The predicted molar refractivity (Wildman–Crippen MR) is 144 cm³/mol. The van der Waals surface area contributed by atoms with Gasteiger partial charge in [0.25, 0.3) is 0 Å². The average molecular weight is 583 g/mol. The van der Waals surface area contributed by atoms with Crippen LogP contribution in [0.2, 0.25) is 5.02 Å². The van der Waals surface area contributed by atoms with Gasteiger partial charge in [0.05, 0.1) is 48.4 Å². The molecule has 0 radical (unpaired) electrons. The van der Waals surface area contributed by atoms with Gasteiger partial charge in [-0.2, -0.15) is 13.2 Å². The Morgan fingerprint density at radius 2 is 1.61 bits per heavy atom. The molecule has 210 valence electrons. The van der Waals surface area contributed by atoms with Crippen LogP contribution in [0, 0.1) is 11.8 Å². The Labute approximate surface area is 237 Å². The SMILES string of the molecule is COc1ccc(C(=O)[C@H]2[C@H]3C(=O)N(c4ccc(Cl)c(C(F)(F)F)c4)C(=O)[C@@H]3[C@H]3c4ccccc4C=CN32)cc1OC. The first-order chi connectivity index (χ1) is 19.6. The summed E-state index contributed by atoms with van der Waals surface area (Å²) in [6.07, 6.45) is -1.29. The van der Waals surface area contributed by atoms with Crippen LogP contribution in [0.3, 0.4) is 0 Å². The van der Waals surface area contributed by atoms with E-state index >= 15 is 0 Å². The van der Waals surface area contributed by atoms with Gasteiger partial charge < -0.3 is 14.4 Å². The molecule has 4 atom stereocenters. The molecular formula is C30H22ClF3N2O5. The van der Waals surface area contributed by atoms with Crippen LogP contribution in [0.1, 0.15) is 33.1 Å². The van der Waals surface area contributed by atoms with Crippen LogP contribution in [0.25, 0.3) is 6.08 Å². The highest BCUT2D eigenvalue weighted by Gasteiger charge is 2.64. The van der Waals surface area contributed by atoms with Crippen molar-refractivity contribution >= 4 is 41.0 Å². The predicted octanol–water partition coefficient (Wildman–Crippen LogP) is 5.77. The maximum Gasteiger partial charge on any atom is 0.417 e. The van der Waals surface area contributed by atoms with Crippen molar-refractivity contribution in [2.75, 3.05) is 19.1 Å². The van der Waals surface area contributed by atoms with Crippen LogP contribution in [0.4, 0.5) is 18.9 Å². The van der Waals surface area contributed by atoms with E-state index in [0.29, 0.717) is 17.6 Å². The van der Waals surface area contributed by atoms with Gasteiger partial charge in [-0.25, -0.2) is 4.90 Å². The molecule has 0 bridgehead atoms. The first-order valence-electron chi connectivity index (χ1n) is 12.6. The molecule has 6 rings (SSSR count). The minimum atomic E-state index is -4.80. The molecule has 41 heavy (non-hydrogen) atoms. The van der Waals surface area contributed by atoms with Gasteiger partial charge in [0.2, 0.25) is 11.8 Å². The van der Waals surface area contributed by atoms with E-state index in [1.54, 1.807) is 29.3 Å². The third-order valence-corrected chi connectivity index (χ3v) is 8.24. The zero-order valence-corrected chi connectivity index (χ0v) is 22.4. The molecule has 0 aromatic heterocycles. The Morgan fingerprint density at radius 1 is 0.902 bits per heavy atom. The summed E-state index contributed by atoms with van der Waals surface area (Å²) in [5.74, 6) is -3.35. The quantitative estimate of drug-likeness (QED) is 0.281. The first-order valence-corrected chi connectivity index (χ1v) is 13.0. The smallest absolute Gasteiger partial charge is 0.417 e. The fourth-order valence-corrected chi connectivity index (χ4v) is 6.37. The molecule has 2 fully saturated rings. The van der Waals surface area contributed by atoms with E-state index in [1.807, 2.05) is 24.3 Å². The Kier molecular flexibility index (Phi) is 6.33. The van der Waals surface area contributed by atoms with Gasteiger partial charge in [0.1, 0.15) is 6.04 Å². The van der Waals surface area contributed by atoms with E-state index in [9.17, 15) is 27.6 Å². The molecule has 0 N–H and O–H groups in total. The highest BCUT2D eigenvalue weighted by Crippen LogP contribution is 2.54. The van der Waals surface area contributed by atoms with Crippen LogP contribution >= 0.6 is 11.6 Å². The topological polar surface area (TPSA) is 76.2 Å². The number of anilines is 1. The van der Waals surface area contributed by atoms with Gasteiger partial charge in [0.15, 0.2) is 17.3 Å². The van der Waals surface area contributed by atoms with Crippen molar-refractivity contribution < 1.29 is 37.0 Å². The second-order valence-corrected chi connectivity index (χ2v) is 10.3. The largest absolute Gasteiger partial charge is 0.493 e. The normalized spacial score (nSPS) is 22.9. The van der Waals surface area contributed by atoms with E-state index in [4.69, 9.17) is 21.1 Å². The molecule has 3 aliphatic heterocycles. The Balaban J connectivity index is 1.48. The van der Waals surface area contributed by atoms with Gasteiger partial charge in [-0.15, -0.1) is 0 Å². The summed E-state index contributed by atoms with van der Waals surface area (Å²) in [6, 6.07) is 13.0. The van der Waals surface area contributed by atoms with Crippen LogP contribution in [0.5, 0.6) is 11.5 Å². The number of halogens is 4. The number of ketones is 1. The van der Waals surface area contributed by atoms with Gasteiger partial charge in [0, 0.05) is 11.8 Å². The molecule has 0 saturated carbocycles. The Hall–Kier alpha value is -4.31. The second kappa shape index (κ2) is 9.66. The lowest BCUT2D eigenvalue weighted by molar-refractivity contribution is -0.137. The molecule has 0 spiro atoms. The zero-order chi connectivity index (χ0) is 29.2. The summed E-state index contributed by atoms with van der Waals surface area (Å²) >= 11 is 5.80. The molecule has 0 unspecified atom stereocenters. The van der Waals surface area contributed by atoms with E-state index in [-0.39, 0.29) is 11.3 Å². The summed E-state index contributed by atoms with van der Waals surface area (Å²) in [7, 11) is 2.89. The van der Waals surface area contributed by atoms with Gasteiger partial charge >= 0.3 is 6.18 Å². The summed E-state index contributed by atoms with van der Waals surface area (Å²) in [5, 5.41) is -0.556. The summed E-state index contributed by atoms with van der Waals surface area (Å²) in [5.41, 5.74) is 0.359. The lowest BCUT2D eigenvalue weighted by Crippen LogP contribution is -2.44. The summed E-state index contributed by atoms with van der Waals surface area (Å²) in [4.78, 5) is 44.6. The van der Waals surface area contributed by atoms with Gasteiger partial charge in [-0.1, -0.05) is 35.9 Å². The minimum Gasteiger partial charge on any atom is -0.493 e. The molecule has 0 aliphatic carbocycles. The number of nitrogens with zero attached hydrogens (tertiary/aromatic N) is 2. The Bertz CT molecular complexity index is 1640. The number of hydrogen-bond acceptors (Lipinski definition) is 6. The number of carbonyl (C=O) groups is 3. The number of ether oxygens (including phenoxy) is 2. The highest BCUT2D eigenvalue weighted by molar-refractivity contribution is 6.32. The van der Waals surface area contributed by atoms with Crippen molar-refractivity contribution in [1.82, 2.24) is 4.90 Å². The van der Waals surface area contributed by atoms with E-state index < -0.39 is 58.3 Å². The number of methoxy groups -OCH3 is 2. The number of fused-ring (bicyclic) bond motifs is 5. The molecule has 3 aromatic carbocycles. The van der Waals surface area contributed by atoms with Crippen molar-refractivity contribution in [3.05, 3.63) is 94.1 Å². The molecule has 3 aliphatic rings. The second-order valence-electron chi connectivity index (χ2n) is 9.94. The first kappa shape index (κ1) is 26.9. The molecule has 3 heterocycles. The average Bonchev–Trinajstić information content (AvgIpc) is 3.44. The zero-order valence-electron chi connectivity index (χ0n) is 21.7. The number of carbonyl (C=O) groups excluding carboxylic acids is 3. The Morgan fingerprint density at radius 3 is 2.32 bits per heavy atom. The van der Waals surface area contributed by atoms with Crippen molar-refractivity contribution in [2.45, 2.75) is 18.3 Å². The molecule has 2 saturated heterocycles. The van der Waals surface area contributed by atoms with Crippen LogP contribution in [-0.2, 0) is 15.8 Å². The number of rotatable bonds is 5. The number of amides is 2. The van der Waals surface area contributed by atoms with Crippen LogP contribution in [-0.4, -0.2) is 42.8 Å². The van der Waals surface area contributed by atoms with Crippen molar-refractivity contribution in [2.24, 2.45) is 11.8 Å². The van der Waals surface area contributed by atoms with E-state index in [2.05, 4.69) is 0 Å². The highest BCUT2D eigenvalue weighted by atomic mass is 35.5. The number of Topliss-reactive ketones (excluding diaryl/α,β-unsaturated/α-hetero) is 1. The standard InChI is InChI=1S/C30H22ClF3N2O5/c1-40-21-10-7-16(13-22(21)41-2)27(37)26-24-23(25-18-6-4-3-5-15(18)11-12-35(25)26)28(38)36(29(24)39)17-8-9-20(31)19(14-17)30(32,33)34/h3-14,23-26H,1-2H3/t23-,24-,25+,26+/m0/s1. The van der Waals surface area contributed by atoms with Gasteiger partial charge in [-0.05, 0) is 53.6 Å². The maximum absolute atomic E-state index is 14.1. The van der Waals surface area contributed by atoms with Crippen molar-refractivity contribution in [3.8, 4) is 11.5 Å². The molecule has 11 heteroatoms. The van der Waals surface area contributed by atoms with Crippen molar-refractivity contribution in [1.29, 1.82) is 0 Å². The lowest BCUT2D eigenvalue weighted by Gasteiger charge is -2.35.